The number of aromatic hydroxyl groups is 1. The average molecular weight is 469 g/mol. The standard InChI is InChI=1S/C27H23N3O5/c1-17(13-19-7-10-21(31)11-8-19)27(34)35-22-12-9-20(28-16-22)15-24-26(33)29-23(25(32)30-24)14-18-5-3-2-4-6-18/h2-12,14-17,31H,13H2,1H3,(H,29,33)(H,30,32)/b23-14-,24-15-. The van der Waals surface area contributed by atoms with E-state index in [1.807, 2.05) is 30.3 Å². The molecule has 35 heavy (non-hydrogen) atoms. The molecule has 0 saturated heterocycles. The second kappa shape index (κ2) is 10.5. The van der Waals surface area contributed by atoms with E-state index in [-0.39, 0.29) is 22.2 Å². The minimum absolute atomic E-state index is 0.0555. The lowest BCUT2D eigenvalue weighted by Crippen LogP contribution is -2.46. The second-order valence-corrected chi connectivity index (χ2v) is 8.05. The van der Waals surface area contributed by atoms with Gasteiger partial charge < -0.3 is 19.8 Å². The van der Waals surface area contributed by atoms with E-state index in [0.29, 0.717) is 12.1 Å². The minimum Gasteiger partial charge on any atom is -0.508 e. The molecule has 4 rings (SSSR count). The molecule has 176 valence electrons. The van der Waals surface area contributed by atoms with Crippen molar-refractivity contribution in [1.29, 1.82) is 0 Å². The van der Waals surface area contributed by atoms with Gasteiger partial charge in [-0.05, 0) is 54.0 Å². The Morgan fingerprint density at radius 2 is 1.60 bits per heavy atom. The minimum atomic E-state index is -0.466. The van der Waals surface area contributed by atoms with E-state index in [9.17, 15) is 19.5 Å². The molecule has 2 aromatic carbocycles. The maximum absolute atomic E-state index is 12.5. The number of benzene rings is 2. The fourth-order valence-electron chi connectivity index (χ4n) is 3.38. The quantitative estimate of drug-likeness (QED) is 0.369. The number of pyridine rings is 1. The highest BCUT2D eigenvalue weighted by molar-refractivity contribution is 5.75. The van der Waals surface area contributed by atoms with Crippen LogP contribution in [0.15, 0.2) is 82.5 Å². The Bertz CT molecular complexity index is 1560. The van der Waals surface area contributed by atoms with E-state index in [1.54, 1.807) is 49.4 Å². The first-order chi connectivity index (χ1) is 16.9. The number of aromatic nitrogens is 3. The van der Waals surface area contributed by atoms with E-state index in [0.717, 1.165) is 11.1 Å². The number of hydrogen-bond donors (Lipinski definition) is 3. The number of aromatic amines is 2. The largest absolute Gasteiger partial charge is 0.508 e. The first-order valence-electron chi connectivity index (χ1n) is 10.9. The molecule has 1 unspecified atom stereocenters. The van der Waals surface area contributed by atoms with Crippen molar-refractivity contribution in [3.8, 4) is 11.5 Å². The van der Waals surface area contributed by atoms with Crippen LogP contribution in [0.5, 0.6) is 11.5 Å². The number of H-pyrrole nitrogens is 2. The number of phenolic OH excluding ortho intramolecular Hbond substituents is 1. The van der Waals surface area contributed by atoms with E-state index in [4.69, 9.17) is 4.74 Å². The summed E-state index contributed by atoms with van der Waals surface area (Å²) in [5, 5.41) is 9.57. The Balaban J connectivity index is 1.47. The number of nitrogens with one attached hydrogen (secondary N) is 2. The van der Waals surface area contributed by atoms with Gasteiger partial charge in [0.05, 0.1) is 17.8 Å². The number of phenols is 1. The predicted molar refractivity (Wildman–Crippen MR) is 131 cm³/mol. The van der Waals surface area contributed by atoms with Crippen molar-refractivity contribution in [2.24, 2.45) is 5.92 Å². The Hall–Kier alpha value is -4.72. The van der Waals surface area contributed by atoms with Crippen molar-refractivity contribution in [2.75, 3.05) is 0 Å². The molecule has 2 heterocycles. The van der Waals surface area contributed by atoms with Gasteiger partial charge in [0.1, 0.15) is 22.2 Å². The predicted octanol–water partition coefficient (Wildman–Crippen LogP) is 1.61. The Morgan fingerprint density at radius 1 is 0.943 bits per heavy atom. The van der Waals surface area contributed by atoms with Crippen molar-refractivity contribution in [3.63, 3.8) is 0 Å². The summed E-state index contributed by atoms with van der Waals surface area (Å²) in [5.41, 5.74) is 1.19. The summed E-state index contributed by atoms with van der Waals surface area (Å²) in [6.07, 6.45) is 4.87. The summed E-state index contributed by atoms with van der Waals surface area (Å²) < 4.78 is 5.40. The molecule has 8 heteroatoms. The molecule has 0 aliphatic rings. The van der Waals surface area contributed by atoms with Gasteiger partial charge in [-0.15, -0.1) is 0 Å². The summed E-state index contributed by atoms with van der Waals surface area (Å²) in [6.45, 7) is 1.76. The smallest absolute Gasteiger partial charge is 0.314 e. The highest BCUT2D eigenvalue weighted by Crippen LogP contribution is 2.16. The average Bonchev–Trinajstić information content (AvgIpc) is 2.85. The first kappa shape index (κ1) is 23.4. The number of ether oxygens (including phenoxy) is 1. The zero-order valence-electron chi connectivity index (χ0n) is 18.9. The summed E-state index contributed by atoms with van der Waals surface area (Å²) in [7, 11) is 0. The molecule has 1 atom stereocenters. The highest BCUT2D eigenvalue weighted by Gasteiger charge is 2.16. The van der Waals surface area contributed by atoms with Crippen LogP contribution in [0.25, 0.3) is 12.2 Å². The van der Waals surface area contributed by atoms with Crippen LogP contribution in [0, 0.1) is 5.92 Å². The molecule has 0 fully saturated rings. The number of esters is 1. The molecule has 0 aliphatic carbocycles. The SMILES string of the molecule is CC(Cc1ccc(O)cc1)C(=O)Oc1ccc(/C=c2\[nH]c(=O)/c(=C/c3ccccc3)[nH]c2=O)nc1. The van der Waals surface area contributed by atoms with Crippen molar-refractivity contribution in [1.82, 2.24) is 15.0 Å². The first-order valence-corrected chi connectivity index (χ1v) is 10.9. The van der Waals surface area contributed by atoms with Crippen LogP contribution in [-0.4, -0.2) is 26.0 Å². The lowest BCUT2D eigenvalue weighted by Gasteiger charge is -2.11. The zero-order valence-corrected chi connectivity index (χ0v) is 18.9. The Kier molecular flexibility index (Phi) is 7.02. The molecule has 0 spiro atoms. The van der Waals surface area contributed by atoms with Gasteiger partial charge in [0.25, 0.3) is 11.1 Å². The van der Waals surface area contributed by atoms with Gasteiger partial charge in [-0.25, -0.2) is 0 Å². The normalized spacial score (nSPS) is 12.9. The summed E-state index contributed by atoms with van der Waals surface area (Å²) in [4.78, 5) is 46.6. The molecule has 0 bridgehead atoms. The van der Waals surface area contributed by atoms with Crippen molar-refractivity contribution >= 4 is 18.1 Å². The Morgan fingerprint density at radius 3 is 2.23 bits per heavy atom. The molecular formula is C27H23N3O5. The highest BCUT2D eigenvalue weighted by atomic mass is 16.5. The fourth-order valence-corrected chi connectivity index (χ4v) is 3.38. The maximum atomic E-state index is 12.5. The Labute approximate surface area is 199 Å². The lowest BCUT2D eigenvalue weighted by atomic mass is 10.0. The fraction of sp³-hybridized carbons (Fsp3) is 0.111. The van der Waals surface area contributed by atoms with Gasteiger partial charge in [-0.1, -0.05) is 49.4 Å². The number of rotatable bonds is 6. The molecule has 0 aliphatic heterocycles. The van der Waals surface area contributed by atoms with Gasteiger partial charge in [0.15, 0.2) is 0 Å². The third-order valence-electron chi connectivity index (χ3n) is 5.25. The molecule has 0 radical (unpaired) electrons. The van der Waals surface area contributed by atoms with Crippen LogP contribution in [0.2, 0.25) is 0 Å². The van der Waals surface area contributed by atoms with E-state index >= 15 is 0 Å². The summed E-state index contributed by atoms with van der Waals surface area (Å²) in [5.74, 6) is -0.386. The third-order valence-corrected chi connectivity index (χ3v) is 5.25. The van der Waals surface area contributed by atoms with E-state index in [2.05, 4.69) is 15.0 Å². The number of nitrogens with zero attached hydrogens (tertiary/aromatic N) is 1. The van der Waals surface area contributed by atoms with Crippen LogP contribution in [0.3, 0.4) is 0 Å². The summed E-state index contributed by atoms with van der Waals surface area (Å²) >= 11 is 0. The van der Waals surface area contributed by atoms with E-state index in [1.165, 1.54) is 12.3 Å². The van der Waals surface area contributed by atoms with Gasteiger partial charge in [0, 0.05) is 0 Å². The monoisotopic (exact) mass is 469 g/mol. The van der Waals surface area contributed by atoms with Crippen LogP contribution in [0.4, 0.5) is 0 Å². The van der Waals surface area contributed by atoms with Crippen molar-refractivity contribution in [2.45, 2.75) is 13.3 Å². The molecule has 3 N–H and O–H groups in total. The second-order valence-electron chi connectivity index (χ2n) is 8.05. The van der Waals surface area contributed by atoms with Gasteiger partial charge in [0.2, 0.25) is 0 Å². The van der Waals surface area contributed by atoms with Gasteiger partial charge in [-0.2, -0.15) is 0 Å². The van der Waals surface area contributed by atoms with Crippen LogP contribution >= 0.6 is 0 Å². The molecular weight excluding hydrogens is 446 g/mol. The maximum Gasteiger partial charge on any atom is 0.314 e. The number of hydrogen-bond acceptors (Lipinski definition) is 6. The molecule has 8 nitrogen and oxygen atoms in total. The van der Waals surface area contributed by atoms with Gasteiger partial charge >= 0.3 is 5.97 Å². The molecule has 2 aromatic heterocycles. The van der Waals surface area contributed by atoms with E-state index < -0.39 is 23.0 Å². The zero-order chi connectivity index (χ0) is 24.8. The molecule has 0 saturated carbocycles. The van der Waals surface area contributed by atoms with Crippen LogP contribution in [0.1, 0.15) is 23.7 Å². The number of carbonyl (C=O) groups is 1. The number of carbonyl (C=O) groups excluding carboxylic acids is 1. The lowest BCUT2D eigenvalue weighted by molar-refractivity contribution is -0.138. The van der Waals surface area contributed by atoms with Crippen LogP contribution in [-0.2, 0) is 11.2 Å². The molecule has 0 amide bonds. The van der Waals surface area contributed by atoms with Crippen molar-refractivity contribution in [3.05, 3.63) is 121 Å². The summed E-state index contributed by atoms with van der Waals surface area (Å²) in [6, 6.07) is 19.0. The topological polar surface area (TPSA) is 125 Å². The third kappa shape index (κ3) is 6.20. The van der Waals surface area contributed by atoms with Crippen LogP contribution < -0.4 is 26.6 Å². The van der Waals surface area contributed by atoms with Crippen molar-refractivity contribution < 1.29 is 14.6 Å². The molecule has 4 aromatic rings. The van der Waals surface area contributed by atoms with Gasteiger partial charge in [-0.3, -0.25) is 19.4 Å².